The fourth-order valence-corrected chi connectivity index (χ4v) is 4.87. The van der Waals surface area contributed by atoms with E-state index in [0.717, 1.165) is 0 Å². The number of nitrogens with zero attached hydrogens (tertiary/aromatic N) is 3. The van der Waals surface area contributed by atoms with Gasteiger partial charge in [0.2, 0.25) is 0 Å². The Hall–Kier alpha value is -1.25. The van der Waals surface area contributed by atoms with Gasteiger partial charge in [-0.3, -0.25) is 9.71 Å². The van der Waals surface area contributed by atoms with Gasteiger partial charge < -0.3 is 4.90 Å². The minimum atomic E-state index is -3.68. The molecular formula is C16H17Cl3N4O2S. The lowest BCUT2D eigenvalue weighted by molar-refractivity contribution is 0.437. The maximum atomic E-state index is 12.7. The summed E-state index contributed by atoms with van der Waals surface area (Å²) in [6, 6.07) is 6.60. The molecule has 1 aliphatic heterocycles. The van der Waals surface area contributed by atoms with Crippen molar-refractivity contribution >= 4 is 56.4 Å². The van der Waals surface area contributed by atoms with Crippen LogP contribution in [0.2, 0.25) is 15.1 Å². The van der Waals surface area contributed by atoms with Crippen molar-refractivity contribution in [1.82, 2.24) is 9.29 Å². The van der Waals surface area contributed by atoms with E-state index >= 15 is 0 Å². The van der Waals surface area contributed by atoms with E-state index in [1.807, 2.05) is 4.90 Å². The van der Waals surface area contributed by atoms with Crippen LogP contribution in [0, 0.1) is 0 Å². The summed E-state index contributed by atoms with van der Waals surface area (Å²) in [6.45, 7) is 1.82. The standard InChI is InChI=1S/C16H17Cl3N4O2S/c17-12-3-1-4-13(9-12)21-26(24,25)23-6-2-5-22(7-8-23)16-14(18)10-20-11-15(16)19/h1,3-4,9-11,21H,2,5-8H2. The number of anilines is 2. The SMILES string of the molecule is O=S(=O)(Nc1cccc(Cl)c1)N1CCCN(c2c(Cl)cncc2Cl)CC1. The number of benzene rings is 1. The largest absolute Gasteiger partial charge is 0.368 e. The molecule has 1 aromatic heterocycles. The molecule has 0 bridgehead atoms. The molecule has 2 aromatic rings. The van der Waals surface area contributed by atoms with Crippen LogP contribution in [-0.2, 0) is 10.2 Å². The summed E-state index contributed by atoms with van der Waals surface area (Å²) in [4.78, 5) is 5.94. The Kier molecular flexibility index (Phi) is 6.14. The Bertz CT molecular complexity index is 875. The van der Waals surface area contributed by atoms with E-state index in [0.29, 0.717) is 59.0 Å². The van der Waals surface area contributed by atoms with Crippen molar-refractivity contribution in [2.24, 2.45) is 0 Å². The molecular weight excluding hydrogens is 419 g/mol. The summed E-state index contributed by atoms with van der Waals surface area (Å²) in [5.74, 6) is 0. The topological polar surface area (TPSA) is 65.5 Å². The van der Waals surface area contributed by atoms with Crippen molar-refractivity contribution in [2.45, 2.75) is 6.42 Å². The second-order valence-corrected chi connectivity index (χ2v) is 8.73. The quantitative estimate of drug-likeness (QED) is 0.791. The van der Waals surface area contributed by atoms with Gasteiger partial charge in [0.15, 0.2) is 0 Å². The summed E-state index contributed by atoms with van der Waals surface area (Å²) in [7, 11) is -3.68. The van der Waals surface area contributed by atoms with Gasteiger partial charge in [0.1, 0.15) is 0 Å². The monoisotopic (exact) mass is 434 g/mol. The first-order valence-corrected chi connectivity index (χ1v) is 10.5. The molecule has 0 spiro atoms. The number of halogens is 3. The third-order valence-electron chi connectivity index (χ3n) is 4.01. The van der Waals surface area contributed by atoms with Gasteiger partial charge in [0.25, 0.3) is 0 Å². The molecule has 3 rings (SSSR count). The molecule has 0 saturated carbocycles. The highest BCUT2D eigenvalue weighted by Crippen LogP contribution is 2.33. The van der Waals surface area contributed by atoms with Gasteiger partial charge in [-0.1, -0.05) is 40.9 Å². The number of rotatable bonds is 4. The molecule has 0 unspecified atom stereocenters. The summed E-state index contributed by atoms with van der Waals surface area (Å²) in [5, 5.41) is 1.37. The molecule has 0 radical (unpaired) electrons. The van der Waals surface area contributed by atoms with Gasteiger partial charge in [-0.25, -0.2) is 0 Å². The number of hydrogen-bond donors (Lipinski definition) is 1. The maximum Gasteiger partial charge on any atom is 0.301 e. The fraction of sp³-hybridized carbons (Fsp3) is 0.312. The lowest BCUT2D eigenvalue weighted by Gasteiger charge is -2.25. The van der Waals surface area contributed by atoms with Gasteiger partial charge >= 0.3 is 10.2 Å². The first kappa shape index (κ1) is 19.5. The van der Waals surface area contributed by atoms with E-state index < -0.39 is 10.2 Å². The van der Waals surface area contributed by atoms with Crippen LogP contribution in [0.3, 0.4) is 0 Å². The van der Waals surface area contributed by atoms with Crippen molar-refractivity contribution in [1.29, 1.82) is 0 Å². The molecule has 2 heterocycles. The minimum absolute atomic E-state index is 0.310. The van der Waals surface area contributed by atoms with Gasteiger partial charge in [-0.15, -0.1) is 0 Å². The van der Waals surface area contributed by atoms with E-state index in [2.05, 4.69) is 9.71 Å². The summed E-state index contributed by atoms with van der Waals surface area (Å²) < 4.78 is 29.4. The van der Waals surface area contributed by atoms with E-state index in [-0.39, 0.29) is 0 Å². The Morgan fingerprint density at radius 2 is 1.73 bits per heavy atom. The lowest BCUT2D eigenvalue weighted by Crippen LogP contribution is -2.38. The summed E-state index contributed by atoms with van der Waals surface area (Å²) >= 11 is 18.4. The Morgan fingerprint density at radius 1 is 1.00 bits per heavy atom. The van der Waals surface area contributed by atoms with Crippen molar-refractivity contribution in [3.05, 3.63) is 51.7 Å². The van der Waals surface area contributed by atoms with Crippen molar-refractivity contribution in [3.63, 3.8) is 0 Å². The van der Waals surface area contributed by atoms with E-state index in [4.69, 9.17) is 34.8 Å². The summed E-state index contributed by atoms with van der Waals surface area (Å²) in [5.41, 5.74) is 1.12. The summed E-state index contributed by atoms with van der Waals surface area (Å²) in [6.07, 6.45) is 3.71. The molecule has 1 N–H and O–H groups in total. The average molecular weight is 436 g/mol. The molecule has 1 aliphatic rings. The zero-order valence-electron chi connectivity index (χ0n) is 13.7. The van der Waals surface area contributed by atoms with E-state index in [1.165, 1.54) is 16.7 Å². The van der Waals surface area contributed by atoms with Crippen LogP contribution in [0.15, 0.2) is 36.7 Å². The molecule has 1 saturated heterocycles. The lowest BCUT2D eigenvalue weighted by atomic mass is 10.3. The Labute approximate surface area is 167 Å². The number of hydrogen-bond acceptors (Lipinski definition) is 4. The third-order valence-corrected chi connectivity index (χ3v) is 6.34. The highest BCUT2D eigenvalue weighted by Gasteiger charge is 2.26. The van der Waals surface area contributed by atoms with Crippen LogP contribution in [0.1, 0.15) is 6.42 Å². The van der Waals surface area contributed by atoms with Crippen LogP contribution in [-0.4, -0.2) is 43.9 Å². The second-order valence-electron chi connectivity index (χ2n) is 5.81. The van der Waals surface area contributed by atoms with Gasteiger partial charge in [0.05, 0.1) is 21.4 Å². The molecule has 10 heteroatoms. The smallest absolute Gasteiger partial charge is 0.301 e. The van der Waals surface area contributed by atoms with Crippen LogP contribution in [0.5, 0.6) is 0 Å². The molecule has 6 nitrogen and oxygen atoms in total. The van der Waals surface area contributed by atoms with E-state index in [1.54, 1.807) is 24.3 Å². The van der Waals surface area contributed by atoms with Crippen LogP contribution < -0.4 is 9.62 Å². The molecule has 1 aromatic carbocycles. The van der Waals surface area contributed by atoms with Gasteiger partial charge in [0, 0.05) is 43.6 Å². The Morgan fingerprint density at radius 3 is 2.42 bits per heavy atom. The highest BCUT2D eigenvalue weighted by atomic mass is 35.5. The number of pyridine rings is 1. The molecule has 140 valence electrons. The first-order chi connectivity index (χ1) is 12.4. The predicted octanol–water partition coefficient (Wildman–Crippen LogP) is 3.91. The van der Waals surface area contributed by atoms with Crippen molar-refractivity contribution in [2.75, 3.05) is 35.8 Å². The van der Waals surface area contributed by atoms with Crippen LogP contribution >= 0.6 is 34.8 Å². The van der Waals surface area contributed by atoms with E-state index in [9.17, 15) is 8.42 Å². The average Bonchev–Trinajstić information content (AvgIpc) is 2.81. The molecule has 26 heavy (non-hydrogen) atoms. The van der Waals surface area contributed by atoms with Crippen molar-refractivity contribution in [3.8, 4) is 0 Å². The van der Waals surface area contributed by atoms with Gasteiger partial charge in [-0.05, 0) is 24.6 Å². The maximum absolute atomic E-state index is 12.7. The number of aromatic nitrogens is 1. The third kappa shape index (κ3) is 4.53. The van der Waals surface area contributed by atoms with Crippen LogP contribution in [0.4, 0.5) is 11.4 Å². The molecule has 0 aliphatic carbocycles. The highest BCUT2D eigenvalue weighted by molar-refractivity contribution is 7.90. The predicted molar refractivity (Wildman–Crippen MR) is 107 cm³/mol. The molecule has 0 amide bonds. The molecule has 1 fully saturated rings. The minimum Gasteiger partial charge on any atom is -0.368 e. The zero-order chi connectivity index (χ0) is 18.7. The van der Waals surface area contributed by atoms with Crippen LogP contribution in [0.25, 0.3) is 0 Å². The first-order valence-electron chi connectivity index (χ1n) is 7.94. The zero-order valence-corrected chi connectivity index (χ0v) is 16.8. The molecule has 0 atom stereocenters. The Balaban J connectivity index is 1.73. The van der Waals surface area contributed by atoms with Crippen molar-refractivity contribution < 1.29 is 8.42 Å². The second kappa shape index (κ2) is 8.19. The number of nitrogens with one attached hydrogen (secondary N) is 1. The fourth-order valence-electron chi connectivity index (χ4n) is 2.83. The van der Waals surface area contributed by atoms with Gasteiger partial charge in [-0.2, -0.15) is 12.7 Å². The normalized spacial score (nSPS) is 16.3.